The van der Waals surface area contributed by atoms with Crippen molar-refractivity contribution in [3.05, 3.63) is 90.5 Å². The molecule has 4 nitrogen and oxygen atoms in total. The summed E-state index contributed by atoms with van der Waals surface area (Å²) in [6, 6.07) is 30.2. The van der Waals surface area contributed by atoms with E-state index in [1.165, 1.54) is 0 Å². The molecule has 2 aromatic heterocycles. The summed E-state index contributed by atoms with van der Waals surface area (Å²) in [5.41, 5.74) is 4.51. The van der Waals surface area contributed by atoms with Crippen molar-refractivity contribution in [1.29, 1.82) is 5.26 Å². The molecule has 0 bridgehead atoms. The van der Waals surface area contributed by atoms with Crippen molar-refractivity contribution < 1.29 is 0 Å². The highest BCUT2D eigenvalue weighted by Gasteiger charge is 2.16. The lowest BCUT2D eigenvalue weighted by Gasteiger charge is -2.11. The lowest BCUT2D eigenvalue weighted by Crippen LogP contribution is -1.96. The summed E-state index contributed by atoms with van der Waals surface area (Å²) in [5.74, 6) is 0.763. The van der Waals surface area contributed by atoms with E-state index in [1.807, 2.05) is 42.5 Å². The Morgan fingerprint density at radius 3 is 2.26 bits per heavy atom. The molecule has 126 valence electrons. The van der Waals surface area contributed by atoms with Gasteiger partial charge in [0.1, 0.15) is 0 Å². The summed E-state index contributed by atoms with van der Waals surface area (Å²) in [4.78, 5) is 0. The topological polar surface area (TPSA) is 54.0 Å². The minimum absolute atomic E-state index is 0.626. The molecule has 0 atom stereocenters. The van der Waals surface area contributed by atoms with Crippen LogP contribution in [0.15, 0.2) is 84.9 Å². The first-order chi connectivity index (χ1) is 13.3. The van der Waals surface area contributed by atoms with Crippen LogP contribution in [0.3, 0.4) is 0 Å². The molecule has 0 saturated carbocycles. The monoisotopic (exact) mass is 346 g/mol. The maximum atomic E-state index is 9.06. The van der Waals surface area contributed by atoms with Gasteiger partial charge in [0, 0.05) is 10.9 Å². The fraction of sp³-hybridized carbons (Fsp3) is 0. The van der Waals surface area contributed by atoms with Crippen molar-refractivity contribution in [2.45, 2.75) is 0 Å². The van der Waals surface area contributed by atoms with E-state index in [9.17, 15) is 0 Å². The van der Waals surface area contributed by atoms with Gasteiger partial charge in [-0.3, -0.25) is 4.40 Å². The summed E-state index contributed by atoms with van der Waals surface area (Å²) in [5, 5.41) is 20.2. The molecule has 27 heavy (non-hydrogen) atoms. The van der Waals surface area contributed by atoms with E-state index in [0.29, 0.717) is 5.56 Å². The molecule has 0 unspecified atom stereocenters. The molecule has 0 fully saturated rings. The molecular weight excluding hydrogens is 332 g/mol. The first-order valence-electron chi connectivity index (χ1n) is 8.68. The molecule has 0 radical (unpaired) electrons. The van der Waals surface area contributed by atoms with Gasteiger partial charge in [0.15, 0.2) is 11.5 Å². The third-order valence-electron chi connectivity index (χ3n) is 4.74. The van der Waals surface area contributed by atoms with Crippen LogP contribution in [0.1, 0.15) is 5.56 Å². The van der Waals surface area contributed by atoms with Crippen LogP contribution < -0.4 is 0 Å². The zero-order valence-electron chi connectivity index (χ0n) is 14.4. The first-order valence-corrected chi connectivity index (χ1v) is 8.68. The van der Waals surface area contributed by atoms with Gasteiger partial charge in [-0.25, -0.2) is 0 Å². The Morgan fingerprint density at radius 2 is 1.48 bits per heavy atom. The lowest BCUT2D eigenvalue weighted by molar-refractivity contribution is 1.11. The van der Waals surface area contributed by atoms with Gasteiger partial charge < -0.3 is 0 Å². The van der Waals surface area contributed by atoms with Crippen LogP contribution in [-0.4, -0.2) is 14.6 Å². The predicted octanol–water partition coefficient (Wildman–Crippen LogP) is 5.09. The molecule has 5 rings (SSSR count). The van der Waals surface area contributed by atoms with E-state index in [1.54, 1.807) is 12.1 Å². The summed E-state index contributed by atoms with van der Waals surface area (Å²) >= 11 is 0. The lowest BCUT2D eigenvalue weighted by atomic mass is 10.1. The fourth-order valence-corrected chi connectivity index (χ4v) is 3.43. The number of hydrogen-bond donors (Lipinski definition) is 0. The summed E-state index contributed by atoms with van der Waals surface area (Å²) in [7, 11) is 0. The second kappa shape index (κ2) is 6.08. The minimum atomic E-state index is 0.626. The zero-order valence-corrected chi connectivity index (χ0v) is 14.4. The number of nitrogens with zero attached hydrogens (tertiary/aromatic N) is 4. The van der Waals surface area contributed by atoms with Crippen LogP contribution in [0.2, 0.25) is 0 Å². The predicted molar refractivity (Wildman–Crippen MR) is 106 cm³/mol. The van der Waals surface area contributed by atoms with Crippen LogP contribution in [0, 0.1) is 11.3 Å². The van der Waals surface area contributed by atoms with Crippen LogP contribution in [0.25, 0.3) is 39.1 Å². The summed E-state index contributed by atoms with van der Waals surface area (Å²) < 4.78 is 2.10. The third-order valence-corrected chi connectivity index (χ3v) is 4.74. The first kappa shape index (κ1) is 15.3. The molecule has 0 spiro atoms. The normalized spacial score (nSPS) is 10.9. The van der Waals surface area contributed by atoms with E-state index in [0.717, 1.165) is 39.1 Å². The SMILES string of the molecule is N#Cc1ccc(-c2nnc3c4ccccc4cc(-c4ccccc4)n23)cc1. The number of rotatable bonds is 2. The fourth-order valence-electron chi connectivity index (χ4n) is 3.43. The number of aromatic nitrogens is 3. The number of benzene rings is 3. The Labute approximate surface area is 156 Å². The van der Waals surface area contributed by atoms with Crippen LogP contribution in [0.4, 0.5) is 0 Å². The van der Waals surface area contributed by atoms with Gasteiger partial charge in [-0.15, -0.1) is 10.2 Å². The Hall–Kier alpha value is -3.97. The highest BCUT2D eigenvalue weighted by molar-refractivity contribution is 5.97. The summed E-state index contributed by atoms with van der Waals surface area (Å²) in [6.45, 7) is 0. The van der Waals surface area contributed by atoms with E-state index in [4.69, 9.17) is 5.26 Å². The van der Waals surface area contributed by atoms with Crippen molar-refractivity contribution in [3.8, 4) is 28.7 Å². The largest absolute Gasteiger partial charge is 0.274 e. The van der Waals surface area contributed by atoms with Gasteiger partial charge in [0.25, 0.3) is 0 Å². The number of fused-ring (bicyclic) bond motifs is 3. The maximum absolute atomic E-state index is 9.06. The van der Waals surface area contributed by atoms with E-state index >= 15 is 0 Å². The van der Waals surface area contributed by atoms with Crippen molar-refractivity contribution in [2.24, 2.45) is 0 Å². The molecule has 0 saturated heterocycles. The Kier molecular flexibility index (Phi) is 3.44. The molecule has 0 N–H and O–H groups in total. The number of hydrogen-bond acceptors (Lipinski definition) is 3. The maximum Gasteiger partial charge on any atom is 0.169 e. The molecule has 0 aliphatic rings. The van der Waals surface area contributed by atoms with Crippen molar-refractivity contribution >= 4 is 16.4 Å². The van der Waals surface area contributed by atoms with Gasteiger partial charge in [-0.1, -0.05) is 54.6 Å². The van der Waals surface area contributed by atoms with Gasteiger partial charge in [-0.2, -0.15) is 5.26 Å². The highest BCUT2D eigenvalue weighted by Crippen LogP contribution is 2.31. The second-order valence-electron chi connectivity index (χ2n) is 6.35. The van der Waals surface area contributed by atoms with Crippen molar-refractivity contribution in [1.82, 2.24) is 14.6 Å². The Bertz CT molecular complexity index is 1310. The average Bonchev–Trinajstić information content (AvgIpc) is 3.19. The smallest absolute Gasteiger partial charge is 0.169 e. The second-order valence-corrected chi connectivity index (χ2v) is 6.35. The highest BCUT2D eigenvalue weighted by atomic mass is 15.3. The molecule has 3 aromatic carbocycles. The van der Waals surface area contributed by atoms with Crippen LogP contribution >= 0.6 is 0 Å². The molecule has 0 aliphatic heterocycles. The van der Waals surface area contributed by atoms with E-state index in [2.05, 4.69) is 51.0 Å². The van der Waals surface area contributed by atoms with Crippen molar-refractivity contribution in [2.75, 3.05) is 0 Å². The third kappa shape index (κ3) is 2.45. The Morgan fingerprint density at radius 1 is 0.741 bits per heavy atom. The van der Waals surface area contributed by atoms with Crippen molar-refractivity contribution in [3.63, 3.8) is 0 Å². The molecular formula is C23H14N4. The standard InChI is InChI=1S/C23H14N4/c24-15-16-10-12-18(13-11-16)22-25-26-23-20-9-5-4-8-19(20)14-21(27(22)23)17-6-2-1-3-7-17/h1-14H. The number of nitriles is 1. The molecule has 2 heterocycles. The average molecular weight is 346 g/mol. The van der Waals surface area contributed by atoms with E-state index in [-0.39, 0.29) is 0 Å². The van der Waals surface area contributed by atoms with E-state index < -0.39 is 0 Å². The van der Waals surface area contributed by atoms with Crippen LogP contribution in [-0.2, 0) is 0 Å². The van der Waals surface area contributed by atoms with Gasteiger partial charge in [-0.05, 0) is 41.3 Å². The van der Waals surface area contributed by atoms with Gasteiger partial charge >= 0.3 is 0 Å². The van der Waals surface area contributed by atoms with Gasteiger partial charge in [0.05, 0.1) is 17.3 Å². The molecule has 0 amide bonds. The van der Waals surface area contributed by atoms with Gasteiger partial charge in [0.2, 0.25) is 0 Å². The van der Waals surface area contributed by atoms with Crippen LogP contribution in [0.5, 0.6) is 0 Å². The molecule has 4 heteroatoms. The summed E-state index contributed by atoms with van der Waals surface area (Å²) in [6.07, 6.45) is 0. The zero-order chi connectivity index (χ0) is 18.2. The minimum Gasteiger partial charge on any atom is -0.274 e. The number of pyridine rings is 1. The molecule has 5 aromatic rings. The Balaban J connectivity index is 1.88. The quantitative estimate of drug-likeness (QED) is 0.447. The molecule has 0 aliphatic carbocycles.